The molecule has 5 nitrogen and oxygen atoms in total. The Hall–Kier alpha value is -2.24. The molecule has 0 radical (unpaired) electrons. The quantitative estimate of drug-likeness (QED) is 0.749. The van der Waals surface area contributed by atoms with E-state index in [4.69, 9.17) is 9.15 Å². The molecule has 4 aliphatic rings. The first kappa shape index (κ1) is 15.8. The van der Waals surface area contributed by atoms with Crippen molar-refractivity contribution in [3.63, 3.8) is 0 Å². The largest absolute Gasteiger partial charge is 0.497 e. The molecule has 1 spiro atoms. The number of H-pyrrole nitrogens is 1. The molecule has 27 heavy (non-hydrogen) atoms. The lowest BCUT2D eigenvalue weighted by Gasteiger charge is -2.61. The van der Waals surface area contributed by atoms with Crippen molar-refractivity contribution in [2.75, 3.05) is 26.7 Å². The van der Waals surface area contributed by atoms with Crippen LogP contribution in [0.2, 0.25) is 0 Å². The predicted octanol–water partition coefficient (Wildman–Crippen LogP) is 3.94. The van der Waals surface area contributed by atoms with E-state index in [-0.39, 0.29) is 11.7 Å². The summed E-state index contributed by atoms with van der Waals surface area (Å²) in [5.41, 5.74) is 4.25. The minimum atomic E-state index is 0.0972. The number of aryl methyl sites for hydroxylation is 1. The number of hydrogen-bond donors (Lipinski definition) is 1. The monoisotopic (exact) mass is 363 g/mol. The number of methoxy groups -OCH3 is 1. The SMILES string of the molecule is COc1ccc2[nH]c3c(c2c1)CCN1C(c2ccc(C)o2)N2CCC31CC2. The number of fused-ring (bicyclic) bond motifs is 5. The molecule has 1 aromatic carbocycles. The van der Waals surface area contributed by atoms with Crippen LogP contribution in [0, 0.1) is 6.92 Å². The molecule has 1 N–H and O–H groups in total. The van der Waals surface area contributed by atoms with Crippen LogP contribution < -0.4 is 4.74 Å². The van der Waals surface area contributed by atoms with Gasteiger partial charge in [0.1, 0.15) is 23.4 Å². The van der Waals surface area contributed by atoms with Gasteiger partial charge in [-0.15, -0.1) is 0 Å². The molecular weight excluding hydrogens is 338 g/mol. The summed E-state index contributed by atoms with van der Waals surface area (Å²) >= 11 is 0. The second kappa shape index (κ2) is 5.40. The molecule has 3 aromatic rings. The molecule has 4 aliphatic heterocycles. The lowest BCUT2D eigenvalue weighted by Crippen LogP contribution is -2.66. The van der Waals surface area contributed by atoms with Gasteiger partial charge in [0.05, 0.1) is 12.6 Å². The predicted molar refractivity (Wildman–Crippen MR) is 104 cm³/mol. The van der Waals surface area contributed by atoms with E-state index in [0.717, 1.165) is 43.3 Å². The summed E-state index contributed by atoms with van der Waals surface area (Å²) in [5.74, 6) is 3.03. The number of aromatic amines is 1. The van der Waals surface area contributed by atoms with Crippen molar-refractivity contribution in [1.82, 2.24) is 14.8 Å². The van der Waals surface area contributed by atoms with E-state index in [9.17, 15) is 0 Å². The highest BCUT2D eigenvalue weighted by Crippen LogP contribution is 2.54. The smallest absolute Gasteiger partial charge is 0.136 e. The van der Waals surface area contributed by atoms with E-state index in [1.165, 1.54) is 35.0 Å². The molecule has 0 saturated carbocycles. The van der Waals surface area contributed by atoms with Gasteiger partial charge in [-0.2, -0.15) is 0 Å². The fourth-order valence-corrected chi connectivity index (χ4v) is 5.76. The zero-order chi connectivity index (χ0) is 18.2. The van der Waals surface area contributed by atoms with Gasteiger partial charge in [0, 0.05) is 36.2 Å². The highest BCUT2D eigenvalue weighted by atomic mass is 16.5. The molecule has 1 atom stereocenters. The molecule has 0 aliphatic carbocycles. The van der Waals surface area contributed by atoms with Crippen LogP contribution in [-0.4, -0.2) is 41.5 Å². The van der Waals surface area contributed by atoms with Crippen LogP contribution >= 0.6 is 0 Å². The first-order valence-corrected chi connectivity index (χ1v) is 9.96. The van der Waals surface area contributed by atoms with Crippen molar-refractivity contribution in [1.29, 1.82) is 0 Å². The number of nitrogens with one attached hydrogen (secondary N) is 1. The van der Waals surface area contributed by atoms with Gasteiger partial charge in [-0.25, -0.2) is 0 Å². The van der Waals surface area contributed by atoms with Crippen LogP contribution in [0.25, 0.3) is 10.9 Å². The van der Waals surface area contributed by atoms with Gasteiger partial charge < -0.3 is 14.1 Å². The second-order valence-corrected chi connectivity index (χ2v) is 8.22. The number of hydrogen-bond acceptors (Lipinski definition) is 4. The Morgan fingerprint density at radius 1 is 1.15 bits per heavy atom. The van der Waals surface area contributed by atoms with Crippen LogP contribution in [0.3, 0.4) is 0 Å². The molecule has 7 rings (SSSR count). The average molecular weight is 363 g/mol. The van der Waals surface area contributed by atoms with E-state index in [2.05, 4.69) is 45.1 Å². The maximum absolute atomic E-state index is 6.09. The van der Waals surface area contributed by atoms with E-state index in [1.807, 2.05) is 6.92 Å². The van der Waals surface area contributed by atoms with Crippen molar-refractivity contribution in [3.8, 4) is 5.75 Å². The number of ether oxygens (including phenoxy) is 1. The third kappa shape index (κ3) is 2.01. The van der Waals surface area contributed by atoms with Crippen LogP contribution in [0.1, 0.15) is 41.8 Å². The molecule has 3 fully saturated rings. The van der Waals surface area contributed by atoms with Crippen molar-refractivity contribution in [2.24, 2.45) is 0 Å². The molecule has 6 heterocycles. The van der Waals surface area contributed by atoms with Gasteiger partial charge in [0.15, 0.2) is 0 Å². The highest BCUT2D eigenvalue weighted by molar-refractivity contribution is 5.87. The third-order valence-corrected chi connectivity index (χ3v) is 7.01. The number of benzene rings is 1. The van der Waals surface area contributed by atoms with Crippen LogP contribution in [0.4, 0.5) is 0 Å². The fourth-order valence-electron chi connectivity index (χ4n) is 5.76. The number of piperidine rings is 1. The number of rotatable bonds is 2. The molecule has 5 heteroatoms. The molecule has 1 unspecified atom stereocenters. The van der Waals surface area contributed by atoms with Gasteiger partial charge in [-0.05, 0) is 62.1 Å². The van der Waals surface area contributed by atoms with Crippen LogP contribution in [0.5, 0.6) is 5.75 Å². The van der Waals surface area contributed by atoms with Gasteiger partial charge in [-0.3, -0.25) is 9.80 Å². The zero-order valence-electron chi connectivity index (χ0n) is 15.9. The van der Waals surface area contributed by atoms with Crippen molar-refractivity contribution < 1.29 is 9.15 Å². The molecule has 2 aromatic heterocycles. The maximum atomic E-state index is 6.09. The van der Waals surface area contributed by atoms with Gasteiger partial charge in [0.25, 0.3) is 0 Å². The van der Waals surface area contributed by atoms with E-state index in [0.29, 0.717) is 0 Å². The van der Waals surface area contributed by atoms with Crippen molar-refractivity contribution in [2.45, 2.75) is 37.9 Å². The van der Waals surface area contributed by atoms with E-state index < -0.39 is 0 Å². The Bertz CT molecular complexity index is 1030. The molecule has 3 saturated heterocycles. The van der Waals surface area contributed by atoms with Gasteiger partial charge in [-0.1, -0.05) is 0 Å². The Kier molecular flexibility index (Phi) is 3.15. The Labute approximate surface area is 158 Å². The van der Waals surface area contributed by atoms with Gasteiger partial charge >= 0.3 is 0 Å². The van der Waals surface area contributed by atoms with E-state index >= 15 is 0 Å². The minimum absolute atomic E-state index is 0.0972. The summed E-state index contributed by atoms with van der Waals surface area (Å²) in [7, 11) is 1.74. The summed E-state index contributed by atoms with van der Waals surface area (Å²) in [4.78, 5) is 9.11. The molecule has 140 valence electrons. The summed E-state index contributed by atoms with van der Waals surface area (Å²) in [6.45, 7) is 5.35. The van der Waals surface area contributed by atoms with Crippen molar-refractivity contribution in [3.05, 3.63) is 53.1 Å². The maximum Gasteiger partial charge on any atom is 0.136 e. The summed E-state index contributed by atoms with van der Waals surface area (Å²) in [6.07, 6.45) is 3.68. The molecule has 2 bridgehead atoms. The van der Waals surface area contributed by atoms with Crippen LogP contribution in [0.15, 0.2) is 34.7 Å². The normalized spacial score (nSPS) is 29.7. The summed E-state index contributed by atoms with van der Waals surface area (Å²) in [5, 5.41) is 1.33. The summed E-state index contributed by atoms with van der Waals surface area (Å²) < 4.78 is 11.6. The minimum Gasteiger partial charge on any atom is -0.497 e. The standard InChI is InChI=1S/C22H25N3O2/c1-14-3-6-19(27-14)21-24-11-8-22(9-12-24)20-16(7-10-25(21)22)17-13-15(26-2)4-5-18(17)23-20/h3-6,13,21,23H,7-12H2,1-2H3. The first-order valence-electron chi connectivity index (χ1n) is 9.96. The number of furan rings is 1. The molecular formula is C22H25N3O2. The topological polar surface area (TPSA) is 44.6 Å². The van der Waals surface area contributed by atoms with Gasteiger partial charge in [0.2, 0.25) is 0 Å². The Morgan fingerprint density at radius 2 is 2.00 bits per heavy atom. The zero-order valence-corrected chi connectivity index (χ0v) is 15.9. The Morgan fingerprint density at radius 3 is 2.74 bits per heavy atom. The second-order valence-electron chi connectivity index (χ2n) is 8.22. The van der Waals surface area contributed by atoms with Crippen molar-refractivity contribution >= 4 is 10.9 Å². The number of aromatic nitrogens is 1. The van der Waals surface area contributed by atoms with Crippen LogP contribution in [-0.2, 0) is 12.0 Å². The lowest BCUT2D eigenvalue weighted by atomic mass is 9.74. The Balaban J connectivity index is 1.52. The first-order chi connectivity index (χ1) is 13.2. The fraction of sp³-hybridized carbons (Fsp3) is 0.455. The summed E-state index contributed by atoms with van der Waals surface area (Å²) in [6, 6.07) is 10.7. The molecule has 0 amide bonds. The average Bonchev–Trinajstić information content (AvgIpc) is 3.30. The lowest BCUT2D eigenvalue weighted by molar-refractivity contribution is -0.155. The highest BCUT2D eigenvalue weighted by Gasteiger charge is 2.55. The third-order valence-electron chi connectivity index (χ3n) is 7.01. The van der Waals surface area contributed by atoms with E-state index in [1.54, 1.807) is 7.11 Å². The number of nitrogens with zero attached hydrogens (tertiary/aromatic N) is 2.